The summed E-state index contributed by atoms with van der Waals surface area (Å²) in [5, 5.41) is 2.76. The van der Waals surface area contributed by atoms with Gasteiger partial charge in [-0.25, -0.2) is 0 Å². The van der Waals surface area contributed by atoms with Crippen LogP contribution in [-0.2, 0) is 4.79 Å². The molecule has 1 atom stereocenters. The van der Waals surface area contributed by atoms with Crippen molar-refractivity contribution in [3.63, 3.8) is 0 Å². The van der Waals surface area contributed by atoms with Crippen LogP contribution in [0.15, 0.2) is 18.3 Å². The number of carbonyl (C=O) groups is 1. The number of nitrogens with two attached hydrogens (primary N) is 1. The lowest BCUT2D eigenvalue weighted by atomic mass is 10.1. The van der Waals surface area contributed by atoms with E-state index in [2.05, 4.69) is 10.3 Å². The molecule has 72 valence electrons. The number of rotatable bonds is 4. The van der Waals surface area contributed by atoms with E-state index >= 15 is 0 Å². The van der Waals surface area contributed by atoms with Crippen LogP contribution in [0.25, 0.3) is 0 Å². The Labute approximate surface area is 77.5 Å². The van der Waals surface area contributed by atoms with Crippen molar-refractivity contribution in [3.05, 3.63) is 18.3 Å². The van der Waals surface area contributed by atoms with Gasteiger partial charge in [0.15, 0.2) is 0 Å². The zero-order chi connectivity index (χ0) is 9.68. The minimum atomic E-state index is -0.0340. The van der Waals surface area contributed by atoms with Gasteiger partial charge in [0.05, 0.1) is 0 Å². The van der Waals surface area contributed by atoms with Gasteiger partial charge in [0.25, 0.3) is 0 Å². The van der Waals surface area contributed by atoms with Crippen molar-refractivity contribution in [2.75, 3.05) is 11.9 Å². The zero-order valence-corrected chi connectivity index (χ0v) is 7.71. The maximum Gasteiger partial charge on any atom is 0.228 e. The largest absolute Gasteiger partial charge is 0.348 e. The molecule has 1 rings (SSSR count). The fourth-order valence-electron chi connectivity index (χ4n) is 1.05. The van der Waals surface area contributed by atoms with E-state index in [-0.39, 0.29) is 11.8 Å². The first kappa shape index (κ1) is 9.80. The molecule has 4 heteroatoms. The molecule has 1 unspecified atom stereocenters. The average molecular weight is 181 g/mol. The summed E-state index contributed by atoms with van der Waals surface area (Å²) in [6, 6.07) is 3.65. The molecule has 4 N–H and O–H groups in total. The van der Waals surface area contributed by atoms with Crippen molar-refractivity contribution in [3.8, 4) is 0 Å². The SMILES string of the molecule is CC(CCN)C(=O)Nc1ccc[nH]1. The molecule has 0 aliphatic heterocycles. The second-order valence-electron chi connectivity index (χ2n) is 3.05. The van der Waals surface area contributed by atoms with Crippen LogP contribution in [0.1, 0.15) is 13.3 Å². The summed E-state index contributed by atoms with van der Waals surface area (Å²) >= 11 is 0. The maximum absolute atomic E-state index is 11.4. The fourth-order valence-corrected chi connectivity index (χ4v) is 1.05. The lowest BCUT2D eigenvalue weighted by Crippen LogP contribution is -2.22. The van der Waals surface area contributed by atoms with E-state index in [1.54, 1.807) is 6.20 Å². The van der Waals surface area contributed by atoms with Crippen LogP contribution in [0.2, 0.25) is 0 Å². The van der Waals surface area contributed by atoms with Gasteiger partial charge in [0.1, 0.15) is 5.82 Å². The molecule has 0 bridgehead atoms. The number of H-pyrrole nitrogens is 1. The van der Waals surface area contributed by atoms with Gasteiger partial charge in [-0.15, -0.1) is 0 Å². The van der Waals surface area contributed by atoms with Gasteiger partial charge >= 0.3 is 0 Å². The number of amides is 1. The Balaban J connectivity index is 2.41. The molecule has 4 nitrogen and oxygen atoms in total. The Morgan fingerprint density at radius 3 is 3.08 bits per heavy atom. The second kappa shape index (κ2) is 4.67. The Morgan fingerprint density at radius 1 is 1.77 bits per heavy atom. The van der Waals surface area contributed by atoms with E-state index in [0.29, 0.717) is 13.0 Å². The van der Waals surface area contributed by atoms with Gasteiger partial charge < -0.3 is 16.0 Å². The lowest BCUT2D eigenvalue weighted by molar-refractivity contribution is -0.119. The van der Waals surface area contributed by atoms with E-state index < -0.39 is 0 Å². The van der Waals surface area contributed by atoms with Crippen LogP contribution < -0.4 is 11.1 Å². The molecule has 0 spiro atoms. The van der Waals surface area contributed by atoms with E-state index in [1.807, 2.05) is 19.1 Å². The molecule has 1 amide bonds. The molecule has 0 fully saturated rings. The van der Waals surface area contributed by atoms with Gasteiger partial charge in [0.2, 0.25) is 5.91 Å². The van der Waals surface area contributed by atoms with Crippen LogP contribution in [0.5, 0.6) is 0 Å². The Kier molecular flexibility index (Phi) is 3.52. The van der Waals surface area contributed by atoms with E-state index in [0.717, 1.165) is 5.82 Å². The van der Waals surface area contributed by atoms with Crippen LogP contribution in [0.4, 0.5) is 5.82 Å². The van der Waals surface area contributed by atoms with Gasteiger partial charge in [-0.2, -0.15) is 0 Å². The molecule has 0 radical (unpaired) electrons. The average Bonchev–Trinajstić information content (AvgIpc) is 2.57. The highest BCUT2D eigenvalue weighted by Crippen LogP contribution is 2.06. The normalized spacial score (nSPS) is 12.5. The van der Waals surface area contributed by atoms with Gasteiger partial charge in [-0.1, -0.05) is 6.92 Å². The number of nitrogens with one attached hydrogen (secondary N) is 2. The summed E-state index contributed by atoms with van der Waals surface area (Å²) in [6.07, 6.45) is 2.48. The minimum absolute atomic E-state index is 0.00731. The smallest absolute Gasteiger partial charge is 0.228 e. The number of aromatic amines is 1. The summed E-state index contributed by atoms with van der Waals surface area (Å²) in [6.45, 7) is 2.41. The van der Waals surface area contributed by atoms with Crippen molar-refractivity contribution in [1.82, 2.24) is 4.98 Å². The summed E-state index contributed by atoms with van der Waals surface area (Å²) < 4.78 is 0. The van der Waals surface area contributed by atoms with Gasteiger partial charge in [0, 0.05) is 12.1 Å². The lowest BCUT2D eigenvalue weighted by Gasteiger charge is -2.09. The van der Waals surface area contributed by atoms with Gasteiger partial charge in [-0.3, -0.25) is 4.79 Å². The summed E-state index contributed by atoms with van der Waals surface area (Å²) in [4.78, 5) is 14.3. The molecular formula is C9H15N3O. The molecule has 1 aromatic rings. The van der Waals surface area contributed by atoms with E-state index in [9.17, 15) is 4.79 Å². The van der Waals surface area contributed by atoms with Crippen molar-refractivity contribution in [1.29, 1.82) is 0 Å². The number of anilines is 1. The van der Waals surface area contributed by atoms with E-state index in [4.69, 9.17) is 5.73 Å². The third kappa shape index (κ3) is 2.91. The number of hydrogen-bond acceptors (Lipinski definition) is 2. The van der Waals surface area contributed by atoms with Crippen molar-refractivity contribution >= 4 is 11.7 Å². The number of aromatic nitrogens is 1. The second-order valence-corrected chi connectivity index (χ2v) is 3.05. The molecule has 13 heavy (non-hydrogen) atoms. The third-order valence-corrected chi connectivity index (χ3v) is 1.90. The van der Waals surface area contributed by atoms with Crippen molar-refractivity contribution in [2.45, 2.75) is 13.3 Å². The first-order valence-electron chi connectivity index (χ1n) is 4.38. The monoisotopic (exact) mass is 181 g/mol. The highest BCUT2D eigenvalue weighted by molar-refractivity contribution is 5.91. The Bertz CT molecular complexity index is 256. The first-order chi connectivity index (χ1) is 6.24. The number of carbonyl (C=O) groups excluding carboxylic acids is 1. The molecular weight excluding hydrogens is 166 g/mol. The summed E-state index contributed by atoms with van der Waals surface area (Å²) in [5.74, 6) is 0.704. The molecule has 1 heterocycles. The van der Waals surface area contributed by atoms with Crippen LogP contribution in [0, 0.1) is 5.92 Å². The summed E-state index contributed by atoms with van der Waals surface area (Å²) in [5.41, 5.74) is 5.35. The van der Waals surface area contributed by atoms with Crippen molar-refractivity contribution < 1.29 is 4.79 Å². The van der Waals surface area contributed by atoms with Gasteiger partial charge in [-0.05, 0) is 25.1 Å². The van der Waals surface area contributed by atoms with Crippen LogP contribution in [-0.4, -0.2) is 17.4 Å². The summed E-state index contributed by atoms with van der Waals surface area (Å²) in [7, 11) is 0. The van der Waals surface area contributed by atoms with Crippen LogP contribution in [0.3, 0.4) is 0 Å². The molecule has 0 aliphatic rings. The Hall–Kier alpha value is -1.29. The predicted molar refractivity (Wildman–Crippen MR) is 52.3 cm³/mol. The third-order valence-electron chi connectivity index (χ3n) is 1.90. The topological polar surface area (TPSA) is 70.9 Å². The fraction of sp³-hybridized carbons (Fsp3) is 0.444. The highest BCUT2D eigenvalue weighted by atomic mass is 16.1. The standard InChI is InChI=1S/C9H15N3O/c1-7(4-5-10)9(13)12-8-3-2-6-11-8/h2-3,6-7,11H,4-5,10H2,1H3,(H,12,13). The molecule has 1 aromatic heterocycles. The highest BCUT2D eigenvalue weighted by Gasteiger charge is 2.11. The van der Waals surface area contributed by atoms with Crippen LogP contribution >= 0.6 is 0 Å². The number of hydrogen-bond donors (Lipinski definition) is 3. The molecule has 0 saturated carbocycles. The zero-order valence-electron chi connectivity index (χ0n) is 7.71. The molecule has 0 aromatic carbocycles. The maximum atomic E-state index is 11.4. The molecule has 0 aliphatic carbocycles. The molecule has 0 saturated heterocycles. The first-order valence-corrected chi connectivity index (χ1v) is 4.38. The van der Waals surface area contributed by atoms with Crippen molar-refractivity contribution in [2.24, 2.45) is 11.7 Å². The quantitative estimate of drug-likeness (QED) is 0.646. The minimum Gasteiger partial charge on any atom is -0.348 e. The van der Waals surface area contributed by atoms with E-state index in [1.165, 1.54) is 0 Å². The Morgan fingerprint density at radius 2 is 2.54 bits per heavy atom. The predicted octanol–water partition coefficient (Wildman–Crippen LogP) is 0.938.